The van der Waals surface area contributed by atoms with Crippen LogP contribution in [-0.4, -0.2) is 31.7 Å². The molecule has 1 amide bonds. The molecule has 1 aromatic rings. The molecule has 1 heterocycles. The number of hydrogen-bond acceptors (Lipinski definition) is 4. The second kappa shape index (κ2) is 5.48. The first-order chi connectivity index (χ1) is 9.04. The molecule has 5 nitrogen and oxygen atoms in total. The maximum Gasteiger partial charge on any atom is 0.251 e. The third-order valence-corrected chi connectivity index (χ3v) is 3.42. The van der Waals surface area contributed by atoms with E-state index in [1.165, 1.54) is 0 Å². The van der Waals surface area contributed by atoms with E-state index in [-0.39, 0.29) is 11.4 Å². The molecule has 1 fully saturated rings. The summed E-state index contributed by atoms with van der Waals surface area (Å²) in [5.74, 6) is -0.134. The lowest BCUT2D eigenvalue weighted by Gasteiger charge is -2.35. The zero-order valence-electron chi connectivity index (χ0n) is 11.5. The van der Waals surface area contributed by atoms with E-state index in [0.29, 0.717) is 17.9 Å². The minimum absolute atomic E-state index is 0.0963. The maximum absolute atomic E-state index is 11.5. The van der Waals surface area contributed by atoms with E-state index in [2.05, 4.69) is 17.6 Å². The first-order valence-electron chi connectivity index (χ1n) is 6.52. The fourth-order valence-electron chi connectivity index (χ4n) is 2.32. The molecule has 1 saturated heterocycles. The van der Waals surface area contributed by atoms with Crippen molar-refractivity contribution in [3.63, 3.8) is 0 Å². The van der Waals surface area contributed by atoms with Gasteiger partial charge in [-0.05, 0) is 38.0 Å². The van der Waals surface area contributed by atoms with Gasteiger partial charge in [0.1, 0.15) is 0 Å². The van der Waals surface area contributed by atoms with Crippen LogP contribution < -0.4 is 16.4 Å². The SMILES string of the molecule is CNC(=O)c1ccc(NC2(C)CCCOC2)c(N)c1. The molecule has 0 radical (unpaired) electrons. The summed E-state index contributed by atoms with van der Waals surface area (Å²) in [5.41, 5.74) is 7.90. The van der Waals surface area contributed by atoms with Gasteiger partial charge in [0.05, 0.1) is 23.5 Å². The van der Waals surface area contributed by atoms with Gasteiger partial charge in [-0.15, -0.1) is 0 Å². The minimum atomic E-state index is -0.134. The number of anilines is 2. The van der Waals surface area contributed by atoms with Crippen LogP contribution in [0.3, 0.4) is 0 Å². The van der Waals surface area contributed by atoms with E-state index < -0.39 is 0 Å². The van der Waals surface area contributed by atoms with Crippen molar-refractivity contribution in [2.75, 3.05) is 31.3 Å². The zero-order chi connectivity index (χ0) is 13.9. The summed E-state index contributed by atoms with van der Waals surface area (Å²) in [4.78, 5) is 11.5. The van der Waals surface area contributed by atoms with E-state index in [1.54, 1.807) is 19.2 Å². The van der Waals surface area contributed by atoms with Crippen LogP contribution in [0, 0.1) is 0 Å². The Morgan fingerprint density at radius 3 is 2.84 bits per heavy atom. The van der Waals surface area contributed by atoms with E-state index in [1.807, 2.05) is 6.07 Å². The van der Waals surface area contributed by atoms with Crippen molar-refractivity contribution < 1.29 is 9.53 Å². The number of rotatable bonds is 3. The number of carbonyl (C=O) groups excluding carboxylic acids is 1. The summed E-state index contributed by atoms with van der Waals surface area (Å²) in [7, 11) is 1.60. The predicted octanol–water partition coefficient (Wildman–Crippen LogP) is 1.61. The highest BCUT2D eigenvalue weighted by atomic mass is 16.5. The molecule has 104 valence electrons. The van der Waals surface area contributed by atoms with Gasteiger partial charge in [0.2, 0.25) is 0 Å². The van der Waals surface area contributed by atoms with Gasteiger partial charge >= 0.3 is 0 Å². The van der Waals surface area contributed by atoms with Crippen molar-refractivity contribution in [2.24, 2.45) is 0 Å². The Hall–Kier alpha value is -1.75. The number of benzene rings is 1. The van der Waals surface area contributed by atoms with Gasteiger partial charge < -0.3 is 21.1 Å². The van der Waals surface area contributed by atoms with Gasteiger partial charge in [-0.1, -0.05) is 0 Å². The van der Waals surface area contributed by atoms with Gasteiger partial charge in [-0.25, -0.2) is 0 Å². The van der Waals surface area contributed by atoms with Crippen molar-refractivity contribution in [2.45, 2.75) is 25.3 Å². The molecule has 0 spiro atoms. The summed E-state index contributed by atoms with van der Waals surface area (Å²) in [6.07, 6.45) is 2.09. The maximum atomic E-state index is 11.5. The number of carbonyl (C=O) groups is 1. The molecule has 0 aliphatic carbocycles. The standard InChI is InChI=1S/C14H21N3O2/c1-14(6-3-7-19-9-14)17-12-5-4-10(8-11(12)15)13(18)16-2/h4-5,8,17H,3,6-7,9,15H2,1-2H3,(H,16,18). The Morgan fingerprint density at radius 2 is 2.26 bits per heavy atom. The Bertz CT molecular complexity index is 468. The average Bonchev–Trinajstić information content (AvgIpc) is 2.41. The molecule has 1 aromatic carbocycles. The van der Waals surface area contributed by atoms with Crippen LogP contribution >= 0.6 is 0 Å². The van der Waals surface area contributed by atoms with Crippen molar-refractivity contribution >= 4 is 17.3 Å². The van der Waals surface area contributed by atoms with Crippen LogP contribution in [0.4, 0.5) is 11.4 Å². The lowest BCUT2D eigenvalue weighted by molar-refractivity contribution is 0.0540. The van der Waals surface area contributed by atoms with E-state index in [4.69, 9.17) is 10.5 Å². The molecule has 2 rings (SSSR count). The highest BCUT2D eigenvalue weighted by molar-refractivity contribution is 5.95. The number of hydrogen-bond donors (Lipinski definition) is 3. The molecule has 0 bridgehead atoms. The third-order valence-electron chi connectivity index (χ3n) is 3.42. The second-order valence-electron chi connectivity index (χ2n) is 5.22. The number of nitrogens with two attached hydrogens (primary N) is 1. The molecular formula is C14H21N3O2. The lowest BCUT2D eigenvalue weighted by atomic mass is 9.94. The van der Waals surface area contributed by atoms with Gasteiger partial charge in [0.25, 0.3) is 5.91 Å². The van der Waals surface area contributed by atoms with Crippen LogP contribution in [0.5, 0.6) is 0 Å². The molecular weight excluding hydrogens is 242 g/mol. The smallest absolute Gasteiger partial charge is 0.251 e. The molecule has 5 heteroatoms. The fraction of sp³-hybridized carbons (Fsp3) is 0.500. The summed E-state index contributed by atoms with van der Waals surface area (Å²) in [5, 5.41) is 6.01. The van der Waals surface area contributed by atoms with Gasteiger partial charge in [-0.3, -0.25) is 4.79 Å². The molecule has 4 N–H and O–H groups in total. The third kappa shape index (κ3) is 3.17. The summed E-state index contributed by atoms with van der Waals surface area (Å²) >= 11 is 0. The van der Waals surface area contributed by atoms with Crippen molar-refractivity contribution in [1.29, 1.82) is 0 Å². The van der Waals surface area contributed by atoms with E-state index in [0.717, 1.165) is 25.1 Å². The largest absolute Gasteiger partial charge is 0.397 e. The first kappa shape index (κ1) is 13.7. The Balaban J connectivity index is 2.15. The van der Waals surface area contributed by atoms with Gasteiger partial charge in [0.15, 0.2) is 0 Å². The highest BCUT2D eigenvalue weighted by Crippen LogP contribution is 2.28. The fourth-order valence-corrected chi connectivity index (χ4v) is 2.32. The number of nitrogen functional groups attached to an aromatic ring is 1. The number of nitrogens with one attached hydrogen (secondary N) is 2. The summed E-state index contributed by atoms with van der Waals surface area (Å²) in [6.45, 7) is 3.62. The molecule has 1 aliphatic heterocycles. The zero-order valence-corrected chi connectivity index (χ0v) is 11.5. The van der Waals surface area contributed by atoms with Gasteiger partial charge in [0, 0.05) is 19.2 Å². The van der Waals surface area contributed by atoms with Crippen molar-refractivity contribution in [3.05, 3.63) is 23.8 Å². The average molecular weight is 263 g/mol. The monoisotopic (exact) mass is 263 g/mol. The molecule has 19 heavy (non-hydrogen) atoms. The van der Waals surface area contributed by atoms with Crippen LogP contribution in [-0.2, 0) is 4.74 Å². The van der Waals surface area contributed by atoms with Crippen LogP contribution in [0.15, 0.2) is 18.2 Å². The topological polar surface area (TPSA) is 76.4 Å². The Morgan fingerprint density at radius 1 is 1.47 bits per heavy atom. The summed E-state index contributed by atoms with van der Waals surface area (Å²) in [6, 6.07) is 5.30. The summed E-state index contributed by atoms with van der Waals surface area (Å²) < 4.78 is 5.51. The first-order valence-corrected chi connectivity index (χ1v) is 6.52. The Kier molecular flexibility index (Phi) is 3.95. The Labute approximate surface area is 113 Å². The number of amides is 1. The van der Waals surface area contributed by atoms with E-state index in [9.17, 15) is 4.79 Å². The predicted molar refractivity (Wildman–Crippen MR) is 76.3 cm³/mol. The van der Waals surface area contributed by atoms with E-state index >= 15 is 0 Å². The van der Waals surface area contributed by atoms with Crippen molar-refractivity contribution in [1.82, 2.24) is 5.32 Å². The van der Waals surface area contributed by atoms with Gasteiger partial charge in [-0.2, -0.15) is 0 Å². The van der Waals surface area contributed by atoms with Crippen molar-refractivity contribution in [3.8, 4) is 0 Å². The normalized spacial score (nSPS) is 22.8. The quantitative estimate of drug-likeness (QED) is 0.724. The van der Waals surface area contributed by atoms with Crippen LogP contribution in [0.1, 0.15) is 30.1 Å². The van der Waals surface area contributed by atoms with Crippen LogP contribution in [0.25, 0.3) is 0 Å². The minimum Gasteiger partial charge on any atom is -0.397 e. The van der Waals surface area contributed by atoms with Crippen LogP contribution in [0.2, 0.25) is 0 Å². The highest BCUT2D eigenvalue weighted by Gasteiger charge is 2.27. The molecule has 0 saturated carbocycles. The number of ether oxygens (including phenoxy) is 1. The lowest BCUT2D eigenvalue weighted by Crippen LogP contribution is -2.43. The molecule has 1 unspecified atom stereocenters. The second-order valence-corrected chi connectivity index (χ2v) is 5.22. The molecule has 1 aliphatic rings. The molecule has 0 aromatic heterocycles. The molecule has 1 atom stereocenters.